The lowest BCUT2D eigenvalue weighted by Crippen LogP contribution is -2.30. The van der Waals surface area contributed by atoms with Crippen molar-refractivity contribution >= 4 is 17.5 Å². The molecule has 1 fully saturated rings. The summed E-state index contributed by atoms with van der Waals surface area (Å²) in [5, 5.41) is 3.32. The first kappa shape index (κ1) is 13.2. The van der Waals surface area contributed by atoms with E-state index in [9.17, 15) is 4.79 Å². The molecule has 1 atom stereocenters. The van der Waals surface area contributed by atoms with Gasteiger partial charge in [0.05, 0.1) is 5.02 Å². The molecule has 4 nitrogen and oxygen atoms in total. The summed E-state index contributed by atoms with van der Waals surface area (Å²) in [6.45, 7) is 1.88. The summed E-state index contributed by atoms with van der Waals surface area (Å²) in [5.41, 5.74) is 6.69. The Morgan fingerprint density at radius 3 is 2.89 bits per heavy atom. The molecule has 0 aromatic heterocycles. The van der Waals surface area contributed by atoms with Gasteiger partial charge in [0.1, 0.15) is 5.75 Å². The Morgan fingerprint density at radius 1 is 1.61 bits per heavy atom. The van der Waals surface area contributed by atoms with E-state index in [1.807, 2.05) is 13.0 Å². The quantitative estimate of drug-likeness (QED) is 0.859. The van der Waals surface area contributed by atoms with Gasteiger partial charge in [0.15, 0.2) is 6.61 Å². The molecule has 5 heteroatoms. The highest BCUT2D eigenvalue weighted by atomic mass is 35.5. The van der Waals surface area contributed by atoms with Gasteiger partial charge >= 0.3 is 0 Å². The fourth-order valence-corrected chi connectivity index (χ4v) is 1.80. The number of rotatable bonds is 5. The second kappa shape index (κ2) is 5.59. The van der Waals surface area contributed by atoms with Crippen molar-refractivity contribution < 1.29 is 9.53 Å². The van der Waals surface area contributed by atoms with Crippen molar-refractivity contribution in [3.8, 4) is 5.75 Å². The zero-order valence-corrected chi connectivity index (χ0v) is 11.0. The van der Waals surface area contributed by atoms with Gasteiger partial charge in [-0.25, -0.2) is 0 Å². The number of nitrogens with one attached hydrogen (secondary N) is 1. The van der Waals surface area contributed by atoms with Crippen LogP contribution in [0, 0.1) is 0 Å². The highest BCUT2D eigenvalue weighted by molar-refractivity contribution is 6.32. The lowest BCUT2D eigenvalue weighted by molar-refractivity contribution is -0.123. The minimum absolute atomic E-state index is 0.00621. The third-order valence-electron chi connectivity index (χ3n) is 2.78. The molecule has 0 saturated heterocycles. The van der Waals surface area contributed by atoms with E-state index in [1.165, 1.54) is 0 Å². The molecule has 1 aromatic carbocycles. The number of hydrogen-bond acceptors (Lipinski definition) is 3. The van der Waals surface area contributed by atoms with Gasteiger partial charge in [-0.15, -0.1) is 0 Å². The molecule has 1 aliphatic rings. The van der Waals surface area contributed by atoms with Gasteiger partial charge in [-0.2, -0.15) is 0 Å². The average Bonchev–Trinajstić information content (AvgIpc) is 3.11. The van der Waals surface area contributed by atoms with E-state index in [1.54, 1.807) is 12.1 Å². The Labute approximate surface area is 111 Å². The molecule has 0 aliphatic heterocycles. The van der Waals surface area contributed by atoms with Crippen LogP contribution in [0.2, 0.25) is 5.02 Å². The molecular formula is C13H17ClN2O2. The number of nitrogens with two attached hydrogens (primary N) is 1. The average molecular weight is 269 g/mol. The van der Waals surface area contributed by atoms with Gasteiger partial charge in [-0.1, -0.05) is 17.7 Å². The van der Waals surface area contributed by atoms with Gasteiger partial charge in [0.2, 0.25) is 0 Å². The number of carbonyl (C=O) groups is 1. The van der Waals surface area contributed by atoms with Crippen molar-refractivity contribution in [3.05, 3.63) is 28.8 Å². The molecule has 0 radical (unpaired) electrons. The number of amides is 1. The molecule has 0 heterocycles. The number of hydrogen-bond donors (Lipinski definition) is 2. The van der Waals surface area contributed by atoms with Gasteiger partial charge in [0, 0.05) is 12.1 Å². The molecule has 0 spiro atoms. The maximum Gasteiger partial charge on any atom is 0.258 e. The van der Waals surface area contributed by atoms with E-state index in [4.69, 9.17) is 22.1 Å². The summed E-state index contributed by atoms with van der Waals surface area (Å²) in [6, 6.07) is 5.63. The number of ether oxygens (including phenoxy) is 1. The fourth-order valence-electron chi connectivity index (χ4n) is 1.56. The molecule has 98 valence electrons. The summed E-state index contributed by atoms with van der Waals surface area (Å²) >= 11 is 6.06. The molecule has 1 aromatic rings. The fraction of sp³-hybridized carbons (Fsp3) is 0.462. The van der Waals surface area contributed by atoms with Crippen LogP contribution in [0.3, 0.4) is 0 Å². The lowest BCUT2D eigenvalue weighted by atomic mass is 10.1. The summed E-state index contributed by atoms with van der Waals surface area (Å²) in [4.78, 5) is 11.5. The second-order valence-electron chi connectivity index (χ2n) is 4.61. The Balaban J connectivity index is 1.90. The second-order valence-corrected chi connectivity index (χ2v) is 5.02. The van der Waals surface area contributed by atoms with Crippen molar-refractivity contribution in [2.75, 3.05) is 6.61 Å². The molecule has 18 heavy (non-hydrogen) atoms. The molecule has 2 rings (SSSR count). The van der Waals surface area contributed by atoms with E-state index in [0.29, 0.717) is 16.8 Å². The van der Waals surface area contributed by atoms with Crippen LogP contribution < -0.4 is 15.8 Å². The predicted molar refractivity (Wildman–Crippen MR) is 70.7 cm³/mol. The normalized spacial score (nSPS) is 16.2. The van der Waals surface area contributed by atoms with Crippen LogP contribution in [0.15, 0.2) is 18.2 Å². The van der Waals surface area contributed by atoms with E-state index in [2.05, 4.69) is 5.32 Å². The molecule has 1 amide bonds. The van der Waals surface area contributed by atoms with Crippen LogP contribution in [0.4, 0.5) is 0 Å². The minimum atomic E-state index is -0.107. The SMILES string of the molecule is C[C@@H](N)c1ccc(OCC(=O)NC2CC2)c(Cl)c1. The maximum atomic E-state index is 11.5. The van der Waals surface area contributed by atoms with Crippen molar-refractivity contribution in [2.24, 2.45) is 5.73 Å². The predicted octanol–water partition coefficient (Wildman–Crippen LogP) is 2.02. The lowest BCUT2D eigenvalue weighted by Gasteiger charge is -2.11. The number of benzene rings is 1. The van der Waals surface area contributed by atoms with Crippen LogP contribution in [0.1, 0.15) is 31.4 Å². The first-order valence-electron chi connectivity index (χ1n) is 6.03. The minimum Gasteiger partial charge on any atom is -0.482 e. The van der Waals surface area contributed by atoms with Gasteiger partial charge in [-0.3, -0.25) is 4.79 Å². The zero-order valence-electron chi connectivity index (χ0n) is 10.3. The third kappa shape index (κ3) is 3.62. The molecule has 0 bridgehead atoms. The van der Waals surface area contributed by atoms with E-state index >= 15 is 0 Å². The van der Waals surface area contributed by atoms with Crippen molar-refractivity contribution in [2.45, 2.75) is 31.8 Å². The topological polar surface area (TPSA) is 64.3 Å². The Morgan fingerprint density at radius 2 is 2.33 bits per heavy atom. The van der Waals surface area contributed by atoms with Crippen molar-refractivity contribution in [3.63, 3.8) is 0 Å². The van der Waals surface area contributed by atoms with Gasteiger partial charge in [0.25, 0.3) is 5.91 Å². The molecule has 1 aliphatic carbocycles. The van der Waals surface area contributed by atoms with Crippen LogP contribution in [0.25, 0.3) is 0 Å². The summed E-state index contributed by atoms with van der Waals surface area (Å²) < 4.78 is 5.38. The van der Waals surface area contributed by atoms with Crippen molar-refractivity contribution in [1.29, 1.82) is 0 Å². The summed E-state index contributed by atoms with van der Waals surface area (Å²) in [7, 11) is 0. The first-order valence-corrected chi connectivity index (χ1v) is 6.41. The third-order valence-corrected chi connectivity index (χ3v) is 3.08. The Hall–Kier alpha value is -1.26. The smallest absolute Gasteiger partial charge is 0.258 e. The van der Waals surface area contributed by atoms with Crippen LogP contribution in [-0.2, 0) is 4.79 Å². The van der Waals surface area contributed by atoms with Crippen LogP contribution in [-0.4, -0.2) is 18.6 Å². The van der Waals surface area contributed by atoms with E-state index < -0.39 is 0 Å². The van der Waals surface area contributed by atoms with Gasteiger partial charge in [-0.05, 0) is 37.5 Å². The Kier molecular flexibility index (Phi) is 4.09. The zero-order chi connectivity index (χ0) is 13.1. The maximum absolute atomic E-state index is 11.5. The number of carbonyl (C=O) groups excluding carboxylic acids is 1. The summed E-state index contributed by atoms with van der Waals surface area (Å²) in [6.07, 6.45) is 2.13. The van der Waals surface area contributed by atoms with Crippen LogP contribution >= 0.6 is 11.6 Å². The van der Waals surface area contributed by atoms with Crippen LogP contribution in [0.5, 0.6) is 5.75 Å². The molecule has 3 N–H and O–H groups in total. The summed E-state index contributed by atoms with van der Waals surface area (Å²) in [5.74, 6) is 0.400. The highest BCUT2D eigenvalue weighted by Crippen LogP contribution is 2.27. The van der Waals surface area contributed by atoms with Crippen molar-refractivity contribution in [1.82, 2.24) is 5.32 Å². The number of halogens is 1. The molecule has 1 saturated carbocycles. The van der Waals surface area contributed by atoms with Gasteiger partial charge < -0.3 is 15.8 Å². The first-order chi connectivity index (χ1) is 8.56. The monoisotopic (exact) mass is 268 g/mol. The largest absolute Gasteiger partial charge is 0.482 e. The molecular weight excluding hydrogens is 252 g/mol. The Bertz CT molecular complexity index is 445. The van der Waals surface area contributed by atoms with E-state index in [-0.39, 0.29) is 18.6 Å². The highest BCUT2D eigenvalue weighted by Gasteiger charge is 2.23. The van der Waals surface area contributed by atoms with E-state index in [0.717, 1.165) is 18.4 Å². The molecule has 0 unspecified atom stereocenters. The standard InChI is InChI=1S/C13H17ClN2O2/c1-8(15)9-2-5-12(11(14)6-9)18-7-13(17)16-10-3-4-10/h2,5-6,8,10H,3-4,7,15H2,1H3,(H,16,17)/t8-/m1/s1.